The van der Waals surface area contributed by atoms with Crippen molar-refractivity contribution >= 4 is 16.5 Å². The smallest absolute Gasteiger partial charge is 0.185 e. The third kappa shape index (κ3) is 2.96. The van der Waals surface area contributed by atoms with E-state index in [4.69, 9.17) is 4.98 Å². The minimum absolute atomic E-state index is 0.228. The van der Waals surface area contributed by atoms with E-state index in [1.807, 2.05) is 11.3 Å². The van der Waals surface area contributed by atoms with Gasteiger partial charge >= 0.3 is 0 Å². The van der Waals surface area contributed by atoms with E-state index in [0.717, 1.165) is 32.6 Å². The number of piperazine rings is 1. The third-order valence-corrected chi connectivity index (χ3v) is 6.25. The lowest BCUT2D eigenvalue weighted by molar-refractivity contribution is 0.139. The number of aryl methyl sites for hydroxylation is 1. The van der Waals surface area contributed by atoms with Crippen LogP contribution in [0.25, 0.3) is 0 Å². The Morgan fingerprint density at radius 3 is 2.90 bits per heavy atom. The molecule has 1 saturated heterocycles. The number of nitrogens with zero attached hydrogens (tertiary/aromatic N) is 3. The Bertz CT molecular complexity index is 496. The first-order valence-corrected chi connectivity index (χ1v) is 9.02. The fourth-order valence-corrected chi connectivity index (χ4v) is 4.63. The number of anilines is 1. The molecule has 0 spiro atoms. The van der Waals surface area contributed by atoms with Gasteiger partial charge in [0.1, 0.15) is 0 Å². The van der Waals surface area contributed by atoms with Crippen molar-refractivity contribution in [2.75, 3.05) is 38.1 Å². The molecule has 0 amide bonds. The molecule has 21 heavy (non-hydrogen) atoms. The number of thiazole rings is 1. The molecule has 2 heterocycles. The Morgan fingerprint density at radius 2 is 2.19 bits per heavy atom. The average Bonchev–Trinajstić information content (AvgIpc) is 2.87. The van der Waals surface area contributed by atoms with Crippen LogP contribution in [0.15, 0.2) is 0 Å². The second kappa shape index (κ2) is 5.86. The highest BCUT2D eigenvalue weighted by Crippen LogP contribution is 2.38. The summed E-state index contributed by atoms with van der Waals surface area (Å²) in [6.07, 6.45) is 3.68. The zero-order chi connectivity index (χ0) is 15.0. The monoisotopic (exact) mass is 308 g/mol. The molecule has 1 aromatic rings. The van der Waals surface area contributed by atoms with E-state index >= 15 is 0 Å². The van der Waals surface area contributed by atoms with Crippen molar-refractivity contribution in [2.24, 2.45) is 0 Å². The van der Waals surface area contributed by atoms with Crippen LogP contribution in [0.3, 0.4) is 0 Å². The first kappa shape index (κ1) is 15.3. The maximum absolute atomic E-state index is 4.98. The molecule has 5 heteroatoms. The zero-order valence-corrected chi connectivity index (χ0v) is 14.6. The molecule has 1 N–H and O–H groups in total. The maximum Gasteiger partial charge on any atom is 0.185 e. The lowest BCUT2D eigenvalue weighted by Gasteiger charge is -2.45. The zero-order valence-electron chi connectivity index (χ0n) is 13.8. The van der Waals surface area contributed by atoms with Crippen molar-refractivity contribution in [3.63, 3.8) is 0 Å². The molecule has 1 aromatic heterocycles. The molecule has 1 unspecified atom stereocenters. The van der Waals surface area contributed by atoms with Gasteiger partial charge in [-0.2, -0.15) is 0 Å². The number of hydrogen-bond acceptors (Lipinski definition) is 5. The first-order valence-electron chi connectivity index (χ1n) is 8.20. The van der Waals surface area contributed by atoms with Gasteiger partial charge in [-0.05, 0) is 46.7 Å². The minimum Gasteiger partial charge on any atom is -0.345 e. The Balaban J connectivity index is 1.81. The number of aromatic nitrogens is 1. The van der Waals surface area contributed by atoms with E-state index in [1.165, 1.54) is 28.5 Å². The number of likely N-dealkylation sites (N-methyl/N-ethyl adjacent to an activating group) is 1. The molecule has 4 nitrogen and oxygen atoms in total. The summed E-state index contributed by atoms with van der Waals surface area (Å²) >= 11 is 1.93. The van der Waals surface area contributed by atoms with Crippen molar-refractivity contribution in [3.8, 4) is 0 Å². The Hall–Kier alpha value is -0.650. The van der Waals surface area contributed by atoms with E-state index in [0.29, 0.717) is 6.04 Å². The highest BCUT2D eigenvalue weighted by atomic mass is 32.1. The summed E-state index contributed by atoms with van der Waals surface area (Å²) in [5.41, 5.74) is 1.58. The van der Waals surface area contributed by atoms with Gasteiger partial charge in [-0.3, -0.25) is 4.90 Å². The quantitative estimate of drug-likeness (QED) is 0.930. The topological polar surface area (TPSA) is 31.4 Å². The molecular formula is C16H28N4S. The van der Waals surface area contributed by atoms with Crippen LogP contribution in [0.4, 0.5) is 5.13 Å². The predicted octanol–water partition coefficient (Wildman–Crippen LogP) is 2.66. The van der Waals surface area contributed by atoms with Gasteiger partial charge in [0.25, 0.3) is 0 Å². The van der Waals surface area contributed by atoms with Gasteiger partial charge < -0.3 is 10.2 Å². The van der Waals surface area contributed by atoms with E-state index < -0.39 is 0 Å². The molecule has 0 saturated carbocycles. The van der Waals surface area contributed by atoms with Crippen LogP contribution in [0.5, 0.6) is 0 Å². The van der Waals surface area contributed by atoms with Gasteiger partial charge in [0.2, 0.25) is 0 Å². The van der Waals surface area contributed by atoms with Crippen LogP contribution in [0, 0.1) is 0 Å². The number of rotatable bonds is 3. The molecule has 1 aliphatic carbocycles. The van der Waals surface area contributed by atoms with E-state index in [-0.39, 0.29) is 5.54 Å². The standard InChI is InChI=1S/C16H28N4S/c1-5-17-12-7-6-8-13-14(12)21-15(18-13)20-10-9-19(4)16(2,3)11-20/h12,17H,5-11H2,1-4H3. The van der Waals surface area contributed by atoms with Gasteiger partial charge in [-0.1, -0.05) is 18.3 Å². The summed E-state index contributed by atoms with van der Waals surface area (Å²) in [6, 6.07) is 0.533. The predicted molar refractivity (Wildman–Crippen MR) is 90.4 cm³/mol. The molecule has 3 rings (SSSR count). The fraction of sp³-hybridized carbons (Fsp3) is 0.812. The Morgan fingerprint density at radius 1 is 1.38 bits per heavy atom. The number of fused-ring (bicyclic) bond motifs is 1. The highest BCUT2D eigenvalue weighted by Gasteiger charge is 2.33. The summed E-state index contributed by atoms with van der Waals surface area (Å²) in [5.74, 6) is 0. The SMILES string of the molecule is CCNC1CCCc2nc(N3CCN(C)C(C)(C)C3)sc21. The van der Waals surface area contributed by atoms with Crippen molar-refractivity contribution in [3.05, 3.63) is 10.6 Å². The number of hydrogen-bond donors (Lipinski definition) is 1. The normalized spacial score (nSPS) is 25.9. The van der Waals surface area contributed by atoms with Crippen LogP contribution in [-0.2, 0) is 6.42 Å². The summed E-state index contributed by atoms with van der Waals surface area (Å²) in [7, 11) is 2.23. The fourth-order valence-electron chi connectivity index (χ4n) is 3.39. The van der Waals surface area contributed by atoms with Gasteiger partial charge in [0, 0.05) is 36.1 Å². The van der Waals surface area contributed by atoms with Crippen molar-refractivity contribution in [2.45, 2.75) is 51.6 Å². The molecule has 0 aromatic carbocycles. The first-order chi connectivity index (χ1) is 10.0. The van der Waals surface area contributed by atoms with Crippen molar-refractivity contribution in [1.82, 2.24) is 15.2 Å². The summed E-state index contributed by atoms with van der Waals surface area (Å²) in [4.78, 5) is 11.4. The summed E-state index contributed by atoms with van der Waals surface area (Å²) in [6.45, 7) is 11.2. The van der Waals surface area contributed by atoms with Crippen LogP contribution >= 0.6 is 11.3 Å². The second-order valence-corrected chi connectivity index (χ2v) is 7.97. The molecule has 0 radical (unpaired) electrons. The Labute approximate surface area is 132 Å². The highest BCUT2D eigenvalue weighted by molar-refractivity contribution is 7.15. The van der Waals surface area contributed by atoms with Crippen molar-refractivity contribution in [1.29, 1.82) is 0 Å². The van der Waals surface area contributed by atoms with Gasteiger partial charge in [-0.25, -0.2) is 4.98 Å². The summed E-state index contributed by atoms with van der Waals surface area (Å²) < 4.78 is 0. The molecule has 1 fully saturated rings. The molecule has 1 aliphatic heterocycles. The number of nitrogens with one attached hydrogen (secondary N) is 1. The largest absolute Gasteiger partial charge is 0.345 e. The summed E-state index contributed by atoms with van der Waals surface area (Å²) in [5, 5.41) is 4.87. The average molecular weight is 308 g/mol. The lowest BCUT2D eigenvalue weighted by atomic mass is 9.98. The maximum atomic E-state index is 4.98. The molecule has 1 atom stereocenters. The minimum atomic E-state index is 0.228. The molecule has 0 bridgehead atoms. The van der Waals surface area contributed by atoms with Crippen LogP contribution in [0.1, 0.15) is 50.2 Å². The van der Waals surface area contributed by atoms with E-state index in [2.05, 4.69) is 42.9 Å². The third-order valence-electron chi connectivity index (χ3n) is 4.98. The van der Waals surface area contributed by atoms with E-state index in [9.17, 15) is 0 Å². The molecular weight excluding hydrogens is 280 g/mol. The van der Waals surface area contributed by atoms with Crippen LogP contribution < -0.4 is 10.2 Å². The molecule has 2 aliphatic rings. The van der Waals surface area contributed by atoms with E-state index in [1.54, 1.807) is 0 Å². The van der Waals surface area contributed by atoms with Crippen molar-refractivity contribution < 1.29 is 0 Å². The lowest BCUT2D eigenvalue weighted by Crippen LogP contribution is -2.57. The second-order valence-electron chi connectivity index (χ2n) is 6.97. The molecule has 118 valence electrons. The van der Waals surface area contributed by atoms with Crippen LogP contribution in [-0.4, -0.2) is 48.6 Å². The van der Waals surface area contributed by atoms with Gasteiger partial charge in [0.15, 0.2) is 5.13 Å². The Kier molecular flexibility index (Phi) is 4.26. The van der Waals surface area contributed by atoms with Gasteiger partial charge in [-0.15, -0.1) is 0 Å². The van der Waals surface area contributed by atoms with Crippen LogP contribution in [0.2, 0.25) is 0 Å². The van der Waals surface area contributed by atoms with Gasteiger partial charge in [0.05, 0.1) is 5.69 Å².